The Morgan fingerprint density at radius 3 is 3.00 bits per heavy atom. The van der Waals surface area contributed by atoms with Gasteiger partial charge in [0, 0.05) is 17.0 Å². The van der Waals surface area contributed by atoms with Crippen LogP contribution >= 0.6 is 11.8 Å². The van der Waals surface area contributed by atoms with E-state index in [1.807, 2.05) is 13.0 Å². The van der Waals surface area contributed by atoms with Gasteiger partial charge in [-0.1, -0.05) is 24.8 Å². The normalized spacial score (nSPS) is 14.7. The smallest absolute Gasteiger partial charge is 0.224 e. The molecule has 0 radical (unpaired) electrons. The Hall–Kier alpha value is -1.42. The number of hydrogen-bond donors (Lipinski definition) is 2. The van der Waals surface area contributed by atoms with Crippen molar-refractivity contribution in [1.29, 1.82) is 0 Å². The third kappa shape index (κ3) is 2.53. The van der Waals surface area contributed by atoms with Gasteiger partial charge in [-0.25, -0.2) is 0 Å². The molecule has 1 aliphatic rings. The summed E-state index contributed by atoms with van der Waals surface area (Å²) in [5.41, 5.74) is 9.97. The van der Waals surface area contributed by atoms with Crippen molar-refractivity contribution >= 4 is 29.0 Å². The van der Waals surface area contributed by atoms with Crippen molar-refractivity contribution in [1.82, 2.24) is 0 Å². The van der Waals surface area contributed by atoms with Crippen LogP contribution in [-0.4, -0.2) is 5.91 Å². The molecular weight excluding hydrogens is 244 g/mol. The van der Waals surface area contributed by atoms with Gasteiger partial charge in [0.1, 0.15) is 0 Å². The summed E-state index contributed by atoms with van der Waals surface area (Å²) in [5, 5.41) is 5.03. The Labute approximate surface area is 112 Å². The molecular formula is C14H18N2OS. The number of anilines is 2. The molecule has 0 unspecified atom stereocenters. The first-order valence-corrected chi connectivity index (χ1v) is 7.05. The number of carbonyl (C=O) groups is 1. The van der Waals surface area contributed by atoms with E-state index in [9.17, 15) is 4.79 Å². The quantitative estimate of drug-likeness (QED) is 0.647. The van der Waals surface area contributed by atoms with Gasteiger partial charge in [-0.3, -0.25) is 4.79 Å². The number of hydrogen-bond acceptors (Lipinski definition) is 3. The molecule has 96 valence electrons. The number of thioether (sulfide) groups is 1. The summed E-state index contributed by atoms with van der Waals surface area (Å²) in [6, 6.07) is 1.98. The van der Waals surface area contributed by atoms with Crippen molar-refractivity contribution < 1.29 is 4.79 Å². The Kier molecular flexibility index (Phi) is 3.97. The molecule has 0 atom stereocenters. The van der Waals surface area contributed by atoms with Crippen molar-refractivity contribution in [2.24, 2.45) is 0 Å². The predicted octanol–water partition coefficient (Wildman–Crippen LogP) is 3.48. The van der Waals surface area contributed by atoms with E-state index in [1.165, 1.54) is 0 Å². The first-order chi connectivity index (χ1) is 8.63. The Morgan fingerprint density at radius 2 is 2.28 bits per heavy atom. The second kappa shape index (κ2) is 5.48. The van der Waals surface area contributed by atoms with Gasteiger partial charge in [0.25, 0.3) is 0 Å². The number of amides is 1. The molecule has 0 fully saturated rings. The maximum Gasteiger partial charge on any atom is 0.224 e. The molecule has 1 amide bonds. The Balaban J connectivity index is 2.44. The summed E-state index contributed by atoms with van der Waals surface area (Å²) in [6.07, 6.45) is 4.42. The molecule has 0 saturated heterocycles. The van der Waals surface area contributed by atoms with Crippen LogP contribution in [0, 0.1) is 6.92 Å². The van der Waals surface area contributed by atoms with Crippen molar-refractivity contribution in [2.75, 3.05) is 11.1 Å². The molecule has 1 heterocycles. The zero-order valence-electron chi connectivity index (χ0n) is 10.7. The minimum absolute atomic E-state index is 0.0907. The number of carbonyl (C=O) groups excluding carboxylic acids is 1. The van der Waals surface area contributed by atoms with Crippen LogP contribution in [0.2, 0.25) is 0 Å². The number of nitrogens with two attached hydrogens (primary N) is 1. The first kappa shape index (κ1) is 13.0. The van der Waals surface area contributed by atoms with E-state index in [-0.39, 0.29) is 5.91 Å². The molecule has 3 N–H and O–H groups in total. The summed E-state index contributed by atoms with van der Waals surface area (Å²) >= 11 is 1.63. The monoisotopic (exact) mass is 262 g/mol. The number of allylic oxidation sites excluding steroid dienone is 1. The minimum atomic E-state index is 0.0907. The topological polar surface area (TPSA) is 55.1 Å². The summed E-state index contributed by atoms with van der Waals surface area (Å²) in [5.74, 6) is 0.0907. The summed E-state index contributed by atoms with van der Waals surface area (Å²) in [6.45, 7) is 4.10. The zero-order chi connectivity index (χ0) is 13.1. The molecule has 4 heteroatoms. The van der Waals surface area contributed by atoms with Crippen LogP contribution in [0.25, 0.3) is 0 Å². The second-order valence-electron chi connectivity index (χ2n) is 4.40. The van der Waals surface area contributed by atoms with Crippen molar-refractivity contribution in [2.45, 2.75) is 38.0 Å². The van der Waals surface area contributed by atoms with E-state index < -0.39 is 0 Å². The Bertz CT molecular complexity index is 509. The van der Waals surface area contributed by atoms with Crippen LogP contribution in [0.1, 0.15) is 30.9 Å². The maximum absolute atomic E-state index is 11.5. The first-order valence-electron chi connectivity index (χ1n) is 6.17. The molecule has 0 aromatic heterocycles. The molecule has 0 bridgehead atoms. The molecule has 1 aliphatic heterocycles. The van der Waals surface area contributed by atoms with Gasteiger partial charge < -0.3 is 11.1 Å². The zero-order valence-corrected chi connectivity index (χ0v) is 11.6. The number of nitrogen functional groups attached to an aromatic ring is 1. The van der Waals surface area contributed by atoms with Crippen LogP contribution in [0.5, 0.6) is 0 Å². The standard InChI is InChI=1S/C14H18N2OS/c1-3-4-7-18-14-9(2)11(15)8-10-5-6-12(17)16-13(10)14/h4,7-8H,3,5-6,15H2,1-2H3,(H,16,17)/b7-4+. The molecule has 0 aliphatic carbocycles. The molecule has 0 spiro atoms. The third-order valence-electron chi connectivity index (χ3n) is 3.06. The van der Waals surface area contributed by atoms with Crippen LogP contribution in [-0.2, 0) is 11.2 Å². The Morgan fingerprint density at radius 1 is 1.50 bits per heavy atom. The third-order valence-corrected chi connectivity index (χ3v) is 4.13. The number of nitrogens with one attached hydrogen (secondary N) is 1. The van der Waals surface area contributed by atoms with E-state index in [1.54, 1.807) is 11.8 Å². The highest BCUT2D eigenvalue weighted by atomic mass is 32.2. The number of fused-ring (bicyclic) bond motifs is 1. The van der Waals surface area contributed by atoms with E-state index in [0.717, 1.165) is 40.2 Å². The molecule has 2 rings (SSSR count). The fourth-order valence-electron chi connectivity index (χ4n) is 1.98. The predicted molar refractivity (Wildman–Crippen MR) is 77.8 cm³/mol. The second-order valence-corrected chi connectivity index (χ2v) is 5.32. The van der Waals surface area contributed by atoms with Gasteiger partial charge in [0.2, 0.25) is 5.91 Å². The average Bonchev–Trinajstić information content (AvgIpc) is 2.35. The van der Waals surface area contributed by atoms with Gasteiger partial charge in [-0.15, -0.1) is 0 Å². The highest BCUT2D eigenvalue weighted by Crippen LogP contribution is 2.39. The lowest BCUT2D eigenvalue weighted by molar-refractivity contribution is -0.116. The van der Waals surface area contributed by atoms with Crippen LogP contribution in [0.3, 0.4) is 0 Å². The SMILES string of the molecule is CC/C=C/Sc1c(C)c(N)cc2c1NC(=O)CC2. The van der Waals surface area contributed by atoms with E-state index in [0.29, 0.717) is 6.42 Å². The molecule has 3 nitrogen and oxygen atoms in total. The largest absolute Gasteiger partial charge is 0.398 e. The van der Waals surface area contributed by atoms with Crippen molar-refractivity contribution in [3.8, 4) is 0 Å². The maximum atomic E-state index is 11.5. The van der Waals surface area contributed by atoms with Crippen molar-refractivity contribution in [3.05, 3.63) is 28.7 Å². The lowest BCUT2D eigenvalue weighted by Crippen LogP contribution is -2.20. The molecule has 18 heavy (non-hydrogen) atoms. The van der Waals surface area contributed by atoms with Crippen LogP contribution in [0.4, 0.5) is 11.4 Å². The van der Waals surface area contributed by atoms with Crippen LogP contribution < -0.4 is 11.1 Å². The van der Waals surface area contributed by atoms with Gasteiger partial charge in [-0.05, 0) is 42.4 Å². The van der Waals surface area contributed by atoms with E-state index in [2.05, 4.69) is 23.7 Å². The van der Waals surface area contributed by atoms with E-state index >= 15 is 0 Å². The fraction of sp³-hybridized carbons (Fsp3) is 0.357. The van der Waals surface area contributed by atoms with Crippen LogP contribution in [0.15, 0.2) is 22.4 Å². The van der Waals surface area contributed by atoms with Crippen molar-refractivity contribution in [3.63, 3.8) is 0 Å². The summed E-state index contributed by atoms with van der Waals surface area (Å²) < 4.78 is 0. The number of rotatable bonds is 3. The summed E-state index contributed by atoms with van der Waals surface area (Å²) in [4.78, 5) is 12.6. The number of aryl methyl sites for hydroxylation is 1. The summed E-state index contributed by atoms with van der Waals surface area (Å²) in [7, 11) is 0. The van der Waals surface area contributed by atoms with Gasteiger partial charge in [-0.2, -0.15) is 0 Å². The molecule has 1 aromatic carbocycles. The minimum Gasteiger partial charge on any atom is -0.398 e. The van der Waals surface area contributed by atoms with Gasteiger partial charge >= 0.3 is 0 Å². The van der Waals surface area contributed by atoms with E-state index in [4.69, 9.17) is 5.73 Å². The lowest BCUT2D eigenvalue weighted by atomic mass is 10.00. The van der Waals surface area contributed by atoms with Gasteiger partial charge in [0.05, 0.1) is 5.69 Å². The highest BCUT2D eigenvalue weighted by Gasteiger charge is 2.20. The van der Waals surface area contributed by atoms with Gasteiger partial charge in [0.15, 0.2) is 0 Å². The number of benzene rings is 1. The average molecular weight is 262 g/mol. The highest BCUT2D eigenvalue weighted by molar-refractivity contribution is 8.02. The fourth-order valence-corrected chi connectivity index (χ4v) is 3.00. The molecule has 0 saturated carbocycles. The lowest BCUT2D eigenvalue weighted by Gasteiger charge is -2.22. The molecule has 1 aromatic rings.